The van der Waals surface area contributed by atoms with E-state index in [1.807, 2.05) is 12.1 Å². The van der Waals surface area contributed by atoms with Crippen LogP contribution in [0.25, 0.3) is 0 Å². The third-order valence-electron chi connectivity index (χ3n) is 4.84. The standard InChI is InChI=1S/C18H27N3/c1-4-21-11-9-18(10-12-21)15(3)20-14(2)17-7-5-16(13-19)6-8-17/h5-8,14-15,18,20H,4,9-12H2,1-3H3. The highest BCUT2D eigenvalue weighted by Gasteiger charge is 2.24. The molecule has 0 spiro atoms. The molecular weight excluding hydrogens is 258 g/mol. The molecule has 1 aliphatic heterocycles. The summed E-state index contributed by atoms with van der Waals surface area (Å²) in [7, 11) is 0. The Hall–Kier alpha value is -1.37. The van der Waals surface area contributed by atoms with Gasteiger partial charge in [-0.05, 0) is 69.9 Å². The molecule has 2 rings (SSSR count). The molecule has 0 aliphatic carbocycles. The largest absolute Gasteiger partial charge is 0.307 e. The Morgan fingerprint density at radius 1 is 1.24 bits per heavy atom. The maximum atomic E-state index is 8.85. The number of benzene rings is 1. The van der Waals surface area contributed by atoms with E-state index < -0.39 is 0 Å². The predicted octanol–water partition coefficient (Wildman–Crippen LogP) is 3.33. The average molecular weight is 285 g/mol. The smallest absolute Gasteiger partial charge is 0.0991 e. The first kappa shape index (κ1) is 16.0. The Bertz CT molecular complexity index is 466. The number of piperidine rings is 1. The Morgan fingerprint density at radius 3 is 2.38 bits per heavy atom. The van der Waals surface area contributed by atoms with Gasteiger partial charge in [0.15, 0.2) is 0 Å². The summed E-state index contributed by atoms with van der Waals surface area (Å²) >= 11 is 0. The first-order valence-electron chi connectivity index (χ1n) is 8.12. The van der Waals surface area contributed by atoms with Crippen molar-refractivity contribution in [1.82, 2.24) is 10.2 Å². The molecule has 1 aliphatic rings. The van der Waals surface area contributed by atoms with E-state index in [4.69, 9.17) is 5.26 Å². The topological polar surface area (TPSA) is 39.1 Å². The van der Waals surface area contributed by atoms with Gasteiger partial charge in [0.1, 0.15) is 0 Å². The normalized spacial score (nSPS) is 19.9. The molecule has 1 heterocycles. The molecule has 0 bridgehead atoms. The van der Waals surface area contributed by atoms with Gasteiger partial charge in [-0.2, -0.15) is 5.26 Å². The summed E-state index contributed by atoms with van der Waals surface area (Å²) in [5.41, 5.74) is 1.98. The van der Waals surface area contributed by atoms with Gasteiger partial charge >= 0.3 is 0 Å². The molecular formula is C18H27N3. The van der Waals surface area contributed by atoms with E-state index in [1.165, 1.54) is 38.0 Å². The zero-order valence-corrected chi connectivity index (χ0v) is 13.5. The molecule has 3 heteroatoms. The lowest BCUT2D eigenvalue weighted by Gasteiger charge is -2.35. The molecule has 2 unspecified atom stereocenters. The monoisotopic (exact) mass is 285 g/mol. The highest BCUT2D eigenvalue weighted by Crippen LogP contribution is 2.23. The van der Waals surface area contributed by atoms with Crippen LogP contribution in [0.5, 0.6) is 0 Å². The van der Waals surface area contributed by atoms with Crippen molar-refractivity contribution in [3.05, 3.63) is 35.4 Å². The van der Waals surface area contributed by atoms with Crippen molar-refractivity contribution in [2.24, 2.45) is 5.92 Å². The molecule has 114 valence electrons. The second kappa shape index (κ2) is 7.59. The summed E-state index contributed by atoms with van der Waals surface area (Å²) < 4.78 is 0. The molecule has 0 radical (unpaired) electrons. The van der Waals surface area contributed by atoms with E-state index in [2.05, 4.69) is 49.2 Å². The van der Waals surface area contributed by atoms with Crippen molar-refractivity contribution in [3.8, 4) is 6.07 Å². The van der Waals surface area contributed by atoms with Gasteiger partial charge in [-0.3, -0.25) is 0 Å². The minimum atomic E-state index is 0.331. The first-order chi connectivity index (χ1) is 10.1. The summed E-state index contributed by atoms with van der Waals surface area (Å²) in [5, 5.41) is 12.6. The van der Waals surface area contributed by atoms with Crippen LogP contribution in [0.15, 0.2) is 24.3 Å². The number of hydrogen-bond donors (Lipinski definition) is 1. The third kappa shape index (κ3) is 4.30. The minimum Gasteiger partial charge on any atom is -0.307 e. The lowest BCUT2D eigenvalue weighted by Crippen LogP contribution is -2.42. The second-order valence-electron chi connectivity index (χ2n) is 6.18. The molecule has 0 aromatic heterocycles. The SMILES string of the molecule is CCN1CCC(C(C)NC(C)c2ccc(C#N)cc2)CC1. The summed E-state index contributed by atoms with van der Waals surface area (Å²) in [6.45, 7) is 10.4. The molecule has 0 amide bonds. The van der Waals surface area contributed by atoms with Gasteiger partial charge < -0.3 is 10.2 Å². The number of rotatable bonds is 5. The van der Waals surface area contributed by atoms with Crippen molar-refractivity contribution < 1.29 is 0 Å². The Balaban J connectivity index is 1.87. The molecule has 1 aromatic rings. The van der Waals surface area contributed by atoms with E-state index in [9.17, 15) is 0 Å². The van der Waals surface area contributed by atoms with Crippen LogP contribution in [0.4, 0.5) is 0 Å². The van der Waals surface area contributed by atoms with Gasteiger partial charge in [0.25, 0.3) is 0 Å². The Kier molecular flexibility index (Phi) is 5.78. The molecule has 0 saturated carbocycles. The number of hydrogen-bond acceptors (Lipinski definition) is 3. The fourth-order valence-corrected chi connectivity index (χ4v) is 3.24. The van der Waals surface area contributed by atoms with Gasteiger partial charge in [0.2, 0.25) is 0 Å². The number of nitrogens with zero attached hydrogens (tertiary/aromatic N) is 2. The molecule has 1 fully saturated rings. The van der Waals surface area contributed by atoms with E-state index in [1.54, 1.807) is 0 Å². The first-order valence-corrected chi connectivity index (χ1v) is 8.12. The number of nitriles is 1. The molecule has 21 heavy (non-hydrogen) atoms. The van der Waals surface area contributed by atoms with Crippen LogP contribution in [-0.2, 0) is 0 Å². The van der Waals surface area contributed by atoms with Crippen molar-refractivity contribution in [3.63, 3.8) is 0 Å². The van der Waals surface area contributed by atoms with Crippen molar-refractivity contribution in [1.29, 1.82) is 5.26 Å². The number of nitrogens with one attached hydrogen (secondary N) is 1. The van der Waals surface area contributed by atoms with E-state index >= 15 is 0 Å². The highest BCUT2D eigenvalue weighted by atomic mass is 15.1. The van der Waals surface area contributed by atoms with E-state index in [0.717, 1.165) is 11.5 Å². The summed E-state index contributed by atoms with van der Waals surface area (Å²) in [6, 6.07) is 11.0. The van der Waals surface area contributed by atoms with Gasteiger partial charge in [0.05, 0.1) is 11.6 Å². The Morgan fingerprint density at radius 2 is 1.86 bits per heavy atom. The number of likely N-dealkylation sites (tertiary alicyclic amines) is 1. The van der Waals surface area contributed by atoms with Crippen LogP contribution in [0, 0.1) is 17.2 Å². The molecule has 1 saturated heterocycles. The Labute approximate surface area is 129 Å². The van der Waals surface area contributed by atoms with Crippen molar-refractivity contribution in [2.75, 3.05) is 19.6 Å². The predicted molar refractivity (Wildman–Crippen MR) is 87.0 cm³/mol. The summed E-state index contributed by atoms with van der Waals surface area (Å²) in [4.78, 5) is 2.53. The van der Waals surface area contributed by atoms with Crippen LogP contribution in [0.3, 0.4) is 0 Å². The molecule has 2 atom stereocenters. The van der Waals surface area contributed by atoms with E-state index in [0.29, 0.717) is 12.1 Å². The van der Waals surface area contributed by atoms with Gasteiger partial charge in [-0.15, -0.1) is 0 Å². The molecule has 1 N–H and O–H groups in total. The third-order valence-corrected chi connectivity index (χ3v) is 4.84. The van der Waals surface area contributed by atoms with Crippen LogP contribution in [0.2, 0.25) is 0 Å². The van der Waals surface area contributed by atoms with Gasteiger partial charge in [0, 0.05) is 12.1 Å². The molecule has 3 nitrogen and oxygen atoms in total. The van der Waals surface area contributed by atoms with Crippen LogP contribution in [-0.4, -0.2) is 30.6 Å². The zero-order chi connectivity index (χ0) is 15.2. The maximum Gasteiger partial charge on any atom is 0.0991 e. The molecule has 1 aromatic carbocycles. The summed E-state index contributed by atoms with van der Waals surface area (Å²) in [6.07, 6.45) is 2.59. The van der Waals surface area contributed by atoms with Crippen LogP contribution < -0.4 is 5.32 Å². The van der Waals surface area contributed by atoms with Crippen molar-refractivity contribution >= 4 is 0 Å². The zero-order valence-electron chi connectivity index (χ0n) is 13.5. The lowest BCUT2D eigenvalue weighted by atomic mass is 9.89. The van der Waals surface area contributed by atoms with Crippen LogP contribution >= 0.6 is 0 Å². The average Bonchev–Trinajstić information content (AvgIpc) is 2.55. The van der Waals surface area contributed by atoms with Gasteiger partial charge in [-0.25, -0.2) is 0 Å². The lowest BCUT2D eigenvalue weighted by molar-refractivity contribution is 0.165. The quantitative estimate of drug-likeness (QED) is 0.902. The van der Waals surface area contributed by atoms with Crippen LogP contribution in [0.1, 0.15) is 50.8 Å². The highest BCUT2D eigenvalue weighted by molar-refractivity contribution is 5.32. The van der Waals surface area contributed by atoms with Crippen molar-refractivity contribution in [2.45, 2.75) is 45.7 Å². The minimum absolute atomic E-state index is 0.331. The van der Waals surface area contributed by atoms with E-state index in [-0.39, 0.29) is 0 Å². The maximum absolute atomic E-state index is 8.85. The fraction of sp³-hybridized carbons (Fsp3) is 0.611. The van der Waals surface area contributed by atoms with Gasteiger partial charge in [-0.1, -0.05) is 19.1 Å². The summed E-state index contributed by atoms with van der Waals surface area (Å²) in [5.74, 6) is 0.772. The second-order valence-corrected chi connectivity index (χ2v) is 6.18. The fourth-order valence-electron chi connectivity index (χ4n) is 3.24.